The molecule has 0 radical (unpaired) electrons. The fourth-order valence-corrected chi connectivity index (χ4v) is 3.75. The standard InChI is InChI=1S/C23H33N5O2.HI/c1-17-7-5-8-20(19(17)3)27-12-14-28(15-13-27)23(24-4)26-11-6-10-25-22(29)21-18(2)9-16-30-21;/h5,7-9,16H,6,10-15H2,1-4H3,(H,24,26)(H,25,29);1H. The minimum atomic E-state index is -0.163. The number of guanidine groups is 1. The topological polar surface area (TPSA) is 73.1 Å². The molecule has 170 valence electrons. The van der Waals surface area contributed by atoms with E-state index in [4.69, 9.17) is 4.42 Å². The van der Waals surface area contributed by atoms with Crippen molar-refractivity contribution in [2.45, 2.75) is 27.2 Å². The van der Waals surface area contributed by atoms with Crippen molar-refractivity contribution in [3.63, 3.8) is 0 Å². The van der Waals surface area contributed by atoms with Gasteiger partial charge in [-0.25, -0.2) is 0 Å². The first kappa shape index (κ1) is 25.0. The second kappa shape index (κ2) is 12.0. The zero-order valence-corrected chi connectivity index (χ0v) is 21.2. The Morgan fingerprint density at radius 2 is 1.74 bits per heavy atom. The van der Waals surface area contributed by atoms with Crippen LogP contribution in [0.4, 0.5) is 5.69 Å². The lowest BCUT2D eigenvalue weighted by Gasteiger charge is -2.38. The average molecular weight is 539 g/mol. The van der Waals surface area contributed by atoms with E-state index < -0.39 is 0 Å². The van der Waals surface area contributed by atoms with E-state index in [-0.39, 0.29) is 29.9 Å². The molecule has 1 aromatic carbocycles. The molecule has 0 saturated carbocycles. The van der Waals surface area contributed by atoms with Gasteiger partial charge in [0, 0.05) is 57.6 Å². The van der Waals surface area contributed by atoms with Crippen LogP contribution in [0.1, 0.15) is 33.7 Å². The Kier molecular flexibility index (Phi) is 9.67. The third-order valence-corrected chi connectivity index (χ3v) is 5.70. The number of rotatable bonds is 6. The lowest BCUT2D eigenvalue weighted by atomic mass is 10.1. The molecule has 1 saturated heterocycles. The van der Waals surface area contributed by atoms with E-state index >= 15 is 0 Å². The van der Waals surface area contributed by atoms with E-state index in [0.29, 0.717) is 12.3 Å². The molecule has 2 N–H and O–H groups in total. The highest BCUT2D eigenvalue weighted by Crippen LogP contribution is 2.23. The van der Waals surface area contributed by atoms with Gasteiger partial charge in [-0.15, -0.1) is 24.0 Å². The third-order valence-electron chi connectivity index (χ3n) is 5.70. The summed E-state index contributed by atoms with van der Waals surface area (Å²) in [6, 6.07) is 8.31. The van der Waals surface area contributed by atoms with Gasteiger partial charge in [0.2, 0.25) is 0 Å². The van der Waals surface area contributed by atoms with E-state index in [2.05, 4.69) is 57.5 Å². The maximum Gasteiger partial charge on any atom is 0.287 e. The number of aryl methyl sites for hydroxylation is 2. The highest BCUT2D eigenvalue weighted by atomic mass is 127. The molecule has 0 aliphatic carbocycles. The summed E-state index contributed by atoms with van der Waals surface area (Å²) < 4.78 is 5.22. The minimum absolute atomic E-state index is 0. The van der Waals surface area contributed by atoms with Crippen LogP contribution in [0.2, 0.25) is 0 Å². The van der Waals surface area contributed by atoms with Crippen LogP contribution in [0, 0.1) is 20.8 Å². The van der Waals surface area contributed by atoms with Crippen LogP contribution in [0.5, 0.6) is 0 Å². The van der Waals surface area contributed by atoms with Gasteiger partial charge in [0.05, 0.1) is 6.26 Å². The van der Waals surface area contributed by atoms with Crippen LogP contribution in [0.15, 0.2) is 39.9 Å². The number of furan rings is 1. The molecule has 0 atom stereocenters. The number of nitrogens with one attached hydrogen (secondary N) is 2. The summed E-state index contributed by atoms with van der Waals surface area (Å²) in [7, 11) is 1.82. The normalized spacial score (nSPS) is 14.3. The lowest BCUT2D eigenvalue weighted by molar-refractivity contribution is 0.0925. The quantitative estimate of drug-likeness (QED) is 0.255. The first-order valence-electron chi connectivity index (χ1n) is 10.6. The molecule has 3 rings (SSSR count). The van der Waals surface area contributed by atoms with Crippen molar-refractivity contribution >= 4 is 41.5 Å². The molecule has 1 fully saturated rings. The van der Waals surface area contributed by atoms with Gasteiger partial charge in [-0.3, -0.25) is 9.79 Å². The van der Waals surface area contributed by atoms with Crippen molar-refractivity contribution in [3.05, 3.63) is 53.0 Å². The number of carbonyl (C=O) groups is 1. The number of benzene rings is 1. The molecule has 0 bridgehead atoms. The number of nitrogens with zero attached hydrogens (tertiary/aromatic N) is 3. The zero-order chi connectivity index (χ0) is 21.5. The molecule has 1 amide bonds. The summed E-state index contributed by atoms with van der Waals surface area (Å²) in [5.74, 6) is 1.15. The van der Waals surface area contributed by atoms with Crippen LogP contribution in [0.25, 0.3) is 0 Å². The number of carbonyl (C=O) groups excluding carboxylic acids is 1. The molecule has 7 nitrogen and oxygen atoms in total. The van der Waals surface area contributed by atoms with Crippen LogP contribution in [0.3, 0.4) is 0 Å². The molecule has 0 unspecified atom stereocenters. The molecule has 8 heteroatoms. The maximum absolute atomic E-state index is 12.1. The summed E-state index contributed by atoms with van der Waals surface area (Å²) in [6.07, 6.45) is 2.35. The fraction of sp³-hybridized carbons (Fsp3) is 0.478. The number of piperazine rings is 1. The Morgan fingerprint density at radius 1 is 1.03 bits per heavy atom. The summed E-state index contributed by atoms with van der Waals surface area (Å²) in [6.45, 7) is 11.4. The average Bonchev–Trinajstić information content (AvgIpc) is 3.19. The monoisotopic (exact) mass is 539 g/mol. The van der Waals surface area contributed by atoms with Crippen molar-refractivity contribution < 1.29 is 9.21 Å². The highest BCUT2D eigenvalue weighted by Gasteiger charge is 2.21. The van der Waals surface area contributed by atoms with E-state index in [1.807, 2.05) is 14.0 Å². The Balaban J connectivity index is 0.00000341. The van der Waals surface area contributed by atoms with Gasteiger partial charge >= 0.3 is 0 Å². The number of hydrogen-bond donors (Lipinski definition) is 2. The predicted octanol–water partition coefficient (Wildman–Crippen LogP) is 3.34. The van der Waals surface area contributed by atoms with E-state index in [9.17, 15) is 4.79 Å². The van der Waals surface area contributed by atoms with Crippen LogP contribution in [-0.2, 0) is 0 Å². The SMILES string of the molecule is CN=C(NCCCNC(=O)c1occc1C)N1CCN(c2cccc(C)c2C)CC1.I. The van der Waals surface area contributed by atoms with Gasteiger partial charge in [-0.1, -0.05) is 12.1 Å². The van der Waals surface area contributed by atoms with E-state index in [1.54, 1.807) is 6.07 Å². The van der Waals surface area contributed by atoms with E-state index in [1.165, 1.54) is 23.1 Å². The van der Waals surface area contributed by atoms with Gasteiger partial charge in [0.25, 0.3) is 5.91 Å². The molecule has 2 aromatic rings. The van der Waals surface area contributed by atoms with Gasteiger partial charge in [0.1, 0.15) is 0 Å². The Bertz CT molecular complexity index is 888. The zero-order valence-electron chi connectivity index (χ0n) is 18.9. The molecule has 1 aromatic heterocycles. The van der Waals surface area contributed by atoms with Crippen molar-refractivity contribution in [2.24, 2.45) is 4.99 Å². The fourth-order valence-electron chi connectivity index (χ4n) is 3.75. The number of anilines is 1. The molecule has 1 aliphatic rings. The Morgan fingerprint density at radius 3 is 2.39 bits per heavy atom. The van der Waals surface area contributed by atoms with Gasteiger partial charge in [0.15, 0.2) is 11.7 Å². The first-order chi connectivity index (χ1) is 14.5. The first-order valence-corrected chi connectivity index (χ1v) is 10.6. The van der Waals surface area contributed by atoms with Gasteiger partial charge in [-0.2, -0.15) is 0 Å². The lowest BCUT2D eigenvalue weighted by Crippen LogP contribution is -2.53. The van der Waals surface area contributed by atoms with E-state index in [0.717, 1.165) is 50.7 Å². The van der Waals surface area contributed by atoms with Crippen molar-refractivity contribution in [1.29, 1.82) is 0 Å². The highest BCUT2D eigenvalue weighted by molar-refractivity contribution is 14.0. The third kappa shape index (κ3) is 6.38. The predicted molar refractivity (Wildman–Crippen MR) is 137 cm³/mol. The number of amides is 1. The van der Waals surface area contributed by atoms with Crippen LogP contribution >= 0.6 is 24.0 Å². The second-order valence-electron chi connectivity index (χ2n) is 7.71. The number of hydrogen-bond acceptors (Lipinski definition) is 4. The van der Waals surface area contributed by atoms with Crippen molar-refractivity contribution in [1.82, 2.24) is 15.5 Å². The van der Waals surface area contributed by atoms with Crippen LogP contribution in [-0.4, -0.2) is 63.1 Å². The molecule has 2 heterocycles. The van der Waals surface area contributed by atoms with Gasteiger partial charge in [-0.05, 0) is 50.5 Å². The molecular formula is C23H34IN5O2. The summed E-state index contributed by atoms with van der Waals surface area (Å²) >= 11 is 0. The van der Waals surface area contributed by atoms with Crippen molar-refractivity contribution in [3.8, 4) is 0 Å². The molecule has 1 aliphatic heterocycles. The minimum Gasteiger partial charge on any atom is -0.459 e. The Hall–Kier alpha value is -2.23. The Labute approximate surface area is 202 Å². The summed E-state index contributed by atoms with van der Waals surface area (Å²) in [4.78, 5) is 21.2. The molecular weight excluding hydrogens is 505 g/mol. The van der Waals surface area contributed by atoms with Crippen molar-refractivity contribution in [2.75, 3.05) is 51.2 Å². The number of aliphatic imine (C=N–C) groups is 1. The molecule has 31 heavy (non-hydrogen) atoms. The molecule has 0 spiro atoms. The second-order valence-corrected chi connectivity index (χ2v) is 7.71. The largest absolute Gasteiger partial charge is 0.459 e. The maximum atomic E-state index is 12.1. The number of halogens is 1. The summed E-state index contributed by atoms with van der Waals surface area (Å²) in [5, 5.41) is 6.31. The van der Waals surface area contributed by atoms with Crippen LogP contribution < -0.4 is 15.5 Å². The summed E-state index contributed by atoms with van der Waals surface area (Å²) in [5.41, 5.74) is 4.88. The smallest absolute Gasteiger partial charge is 0.287 e. The van der Waals surface area contributed by atoms with Gasteiger partial charge < -0.3 is 24.9 Å².